The van der Waals surface area contributed by atoms with Crippen LogP contribution >= 0.6 is 0 Å². The predicted octanol–water partition coefficient (Wildman–Crippen LogP) is 3.03. The molecule has 96 valence electrons. The predicted molar refractivity (Wildman–Crippen MR) is 76.9 cm³/mol. The maximum Gasteiger partial charge on any atom is 0.0366 e. The number of hydrogen-bond acceptors (Lipinski definition) is 2. The summed E-state index contributed by atoms with van der Waals surface area (Å²) in [5.41, 5.74) is 2.75. The third kappa shape index (κ3) is 4.39. The van der Waals surface area contributed by atoms with Crippen molar-refractivity contribution in [2.24, 2.45) is 0 Å². The molecule has 2 heteroatoms. The SMILES string of the molecule is CCc1ccc(N(CC)CCN(C)CC)cc1. The van der Waals surface area contributed by atoms with Gasteiger partial charge in [0.15, 0.2) is 0 Å². The monoisotopic (exact) mass is 234 g/mol. The van der Waals surface area contributed by atoms with Crippen molar-refractivity contribution in [3.63, 3.8) is 0 Å². The lowest BCUT2D eigenvalue weighted by molar-refractivity contribution is 0.359. The van der Waals surface area contributed by atoms with Crippen LogP contribution in [0.4, 0.5) is 5.69 Å². The second-order valence-electron chi connectivity index (χ2n) is 4.50. The largest absolute Gasteiger partial charge is 0.371 e. The van der Waals surface area contributed by atoms with Gasteiger partial charge in [-0.05, 0) is 44.6 Å². The molecule has 0 spiro atoms. The number of hydrogen-bond donors (Lipinski definition) is 0. The minimum atomic E-state index is 1.07. The first-order chi connectivity index (χ1) is 8.21. The first-order valence-electron chi connectivity index (χ1n) is 6.73. The van der Waals surface area contributed by atoms with Gasteiger partial charge in [0.1, 0.15) is 0 Å². The van der Waals surface area contributed by atoms with Crippen LogP contribution in [-0.2, 0) is 6.42 Å². The van der Waals surface area contributed by atoms with Crippen LogP contribution in [0.15, 0.2) is 24.3 Å². The lowest BCUT2D eigenvalue weighted by atomic mass is 10.1. The van der Waals surface area contributed by atoms with Crippen LogP contribution in [0.5, 0.6) is 0 Å². The molecule has 0 fully saturated rings. The van der Waals surface area contributed by atoms with Gasteiger partial charge in [-0.1, -0.05) is 26.0 Å². The summed E-state index contributed by atoms with van der Waals surface area (Å²) < 4.78 is 0. The second-order valence-corrected chi connectivity index (χ2v) is 4.50. The van der Waals surface area contributed by atoms with E-state index < -0.39 is 0 Å². The van der Waals surface area contributed by atoms with Crippen molar-refractivity contribution in [2.45, 2.75) is 27.2 Å². The van der Waals surface area contributed by atoms with E-state index in [0.717, 1.165) is 32.6 Å². The van der Waals surface area contributed by atoms with Crippen molar-refractivity contribution in [3.05, 3.63) is 29.8 Å². The molecule has 0 bridgehead atoms. The zero-order valence-corrected chi connectivity index (χ0v) is 11.7. The van der Waals surface area contributed by atoms with Crippen LogP contribution in [0.3, 0.4) is 0 Å². The fraction of sp³-hybridized carbons (Fsp3) is 0.600. The number of rotatable bonds is 7. The van der Waals surface area contributed by atoms with Gasteiger partial charge in [-0.3, -0.25) is 0 Å². The van der Waals surface area contributed by atoms with Gasteiger partial charge in [0.05, 0.1) is 0 Å². The van der Waals surface area contributed by atoms with Crippen LogP contribution in [-0.4, -0.2) is 38.1 Å². The lowest BCUT2D eigenvalue weighted by Crippen LogP contribution is -2.33. The van der Waals surface area contributed by atoms with E-state index in [2.05, 4.69) is 61.9 Å². The normalized spacial score (nSPS) is 10.9. The van der Waals surface area contributed by atoms with E-state index >= 15 is 0 Å². The standard InChI is InChI=1S/C15H26N2/c1-5-14-8-10-15(11-9-14)17(7-3)13-12-16(4)6-2/h8-11H,5-7,12-13H2,1-4H3. The molecule has 1 aromatic carbocycles. The summed E-state index contributed by atoms with van der Waals surface area (Å²) in [6.45, 7) is 11.0. The molecule has 0 N–H and O–H groups in total. The molecule has 0 saturated carbocycles. The van der Waals surface area contributed by atoms with E-state index in [4.69, 9.17) is 0 Å². The maximum absolute atomic E-state index is 2.44. The Morgan fingerprint density at radius 3 is 2.00 bits per heavy atom. The highest BCUT2D eigenvalue weighted by Crippen LogP contribution is 2.15. The van der Waals surface area contributed by atoms with Gasteiger partial charge in [0.2, 0.25) is 0 Å². The Balaban J connectivity index is 2.59. The van der Waals surface area contributed by atoms with Gasteiger partial charge in [0, 0.05) is 25.3 Å². The molecule has 1 aromatic rings. The summed E-state index contributed by atoms with van der Waals surface area (Å²) in [5, 5.41) is 0. The number of benzene rings is 1. The van der Waals surface area contributed by atoms with E-state index in [1.807, 2.05) is 0 Å². The highest BCUT2D eigenvalue weighted by Gasteiger charge is 2.05. The molecular weight excluding hydrogens is 208 g/mol. The Bertz CT molecular complexity index is 305. The van der Waals surface area contributed by atoms with E-state index in [9.17, 15) is 0 Å². The van der Waals surface area contributed by atoms with Crippen molar-refractivity contribution in [2.75, 3.05) is 38.1 Å². The topological polar surface area (TPSA) is 6.48 Å². The molecule has 17 heavy (non-hydrogen) atoms. The molecule has 0 unspecified atom stereocenters. The van der Waals surface area contributed by atoms with Crippen LogP contribution in [0.25, 0.3) is 0 Å². The smallest absolute Gasteiger partial charge is 0.0366 e. The fourth-order valence-corrected chi connectivity index (χ4v) is 1.86. The summed E-state index contributed by atoms with van der Waals surface area (Å²) in [4.78, 5) is 4.79. The molecule has 2 nitrogen and oxygen atoms in total. The van der Waals surface area contributed by atoms with Crippen LogP contribution < -0.4 is 4.90 Å². The molecule has 0 aliphatic heterocycles. The molecule has 1 rings (SSSR count). The molecule has 0 aromatic heterocycles. The highest BCUT2D eigenvalue weighted by molar-refractivity contribution is 5.47. The van der Waals surface area contributed by atoms with E-state index in [-0.39, 0.29) is 0 Å². The molecule has 0 aliphatic rings. The van der Waals surface area contributed by atoms with Gasteiger partial charge in [-0.15, -0.1) is 0 Å². The zero-order chi connectivity index (χ0) is 12.7. The second kappa shape index (κ2) is 7.33. The minimum Gasteiger partial charge on any atom is -0.371 e. The summed E-state index contributed by atoms with van der Waals surface area (Å²) in [6, 6.07) is 8.96. The summed E-state index contributed by atoms with van der Waals surface area (Å²) in [5.74, 6) is 0. The lowest BCUT2D eigenvalue weighted by Gasteiger charge is -2.26. The minimum absolute atomic E-state index is 1.07. The van der Waals surface area contributed by atoms with Crippen molar-refractivity contribution in [3.8, 4) is 0 Å². The third-order valence-electron chi connectivity index (χ3n) is 3.38. The van der Waals surface area contributed by atoms with Gasteiger partial charge >= 0.3 is 0 Å². The average Bonchev–Trinajstić information content (AvgIpc) is 2.39. The summed E-state index contributed by atoms with van der Waals surface area (Å²) in [7, 11) is 2.17. The quantitative estimate of drug-likeness (QED) is 0.715. The van der Waals surface area contributed by atoms with Crippen molar-refractivity contribution >= 4 is 5.69 Å². The molecule has 0 aliphatic carbocycles. The van der Waals surface area contributed by atoms with Gasteiger partial charge < -0.3 is 9.80 Å². The van der Waals surface area contributed by atoms with E-state index in [1.165, 1.54) is 11.3 Å². The number of likely N-dealkylation sites (N-methyl/N-ethyl adjacent to an activating group) is 2. The number of anilines is 1. The number of nitrogens with zero attached hydrogens (tertiary/aromatic N) is 2. The first kappa shape index (κ1) is 14.0. The Morgan fingerprint density at radius 1 is 0.882 bits per heavy atom. The Hall–Kier alpha value is -1.02. The van der Waals surface area contributed by atoms with Crippen molar-refractivity contribution in [1.29, 1.82) is 0 Å². The van der Waals surface area contributed by atoms with Crippen LogP contribution in [0.1, 0.15) is 26.3 Å². The molecule has 0 heterocycles. The van der Waals surface area contributed by atoms with E-state index in [1.54, 1.807) is 0 Å². The highest BCUT2D eigenvalue weighted by atomic mass is 15.2. The summed E-state index contributed by atoms with van der Waals surface area (Å²) >= 11 is 0. The van der Waals surface area contributed by atoms with Crippen LogP contribution in [0, 0.1) is 0 Å². The molecule has 0 saturated heterocycles. The van der Waals surface area contributed by atoms with Gasteiger partial charge in [0.25, 0.3) is 0 Å². The van der Waals surface area contributed by atoms with Crippen molar-refractivity contribution in [1.82, 2.24) is 4.90 Å². The molecule has 0 amide bonds. The average molecular weight is 234 g/mol. The molecular formula is C15H26N2. The zero-order valence-electron chi connectivity index (χ0n) is 11.7. The fourth-order valence-electron chi connectivity index (χ4n) is 1.86. The number of aryl methyl sites for hydroxylation is 1. The Kier molecular flexibility index (Phi) is 6.06. The maximum atomic E-state index is 2.44. The summed E-state index contributed by atoms with van der Waals surface area (Å²) in [6.07, 6.45) is 1.12. The third-order valence-corrected chi connectivity index (χ3v) is 3.38. The first-order valence-corrected chi connectivity index (χ1v) is 6.73. The van der Waals surface area contributed by atoms with Crippen molar-refractivity contribution < 1.29 is 0 Å². The van der Waals surface area contributed by atoms with Gasteiger partial charge in [-0.25, -0.2) is 0 Å². The van der Waals surface area contributed by atoms with Crippen LogP contribution in [0.2, 0.25) is 0 Å². The Morgan fingerprint density at radius 2 is 1.53 bits per heavy atom. The molecule has 0 radical (unpaired) electrons. The van der Waals surface area contributed by atoms with E-state index in [0.29, 0.717) is 0 Å². The Labute approximate surface area is 106 Å². The van der Waals surface area contributed by atoms with Gasteiger partial charge in [-0.2, -0.15) is 0 Å². The molecule has 0 atom stereocenters.